The third-order valence-corrected chi connectivity index (χ3v) is 8.30. The molecule has 3 heterocycles. The second-order valence-corrected chi connectivity index (χ2v) is 10.2. The lowest BCUT2D eigenvalue weighted by Crippen LogP contribution is -2.42. The van der Waals surface area contributed by atoms with E-state index in [1.807, 2.05) is 0 Å². The molecule has 0 spiro atoms. The Balaban J connectivity index is 1.66. The second-order valence-electron chi connectivity index (χ2n) is 8.05. The molecule has 1 unspecified atom stereocenters. The third kappa shape index (κ3) is 4.67. The van der Waals surface area contributed by atoms with E-state index >= 15 is 0 Å². The Bertz CT molecular complexity index is 1300. The highest BCUT2D eigenvalue weighted by Gasteiger charge is 2.66. The summed E-state index contributed by atoms with van der Waals surface area (Å²) in [4.78, 5) is 30.4. The number of furan rings is 1. The number of carbonyl (C=O) groups is 2. The van der Waals surface area contributed by atoms with Gasteiger partial charge in [0.1, 0.15) is 15.8 Å². The lowest BCUT2D eigenvalue weighted by Gasteiger charge is -2.27. The number of hydrogen-bond donors (Lipinski definition) is 2. The summed E-state index contributed by atoms with van der Waals surface area (Å²) in [6.07, 6.45) is 2.05. The van der Waals surface area contributed by atoms with Crippen LogP contribution in [-0.2, 0) is 28.1 Å². The molecule has 192 valence electrons. The highest BCUT2D eigenvalue weighted by molar-refractivity contribution is 7.16. The second kappa shape index (κ2) is 10.2. The summed E-state index contributed by atoms with van der Waals surface area (Å²) in [6, 6.07) is 0. The molecule has 0 saturated heterocycles. The number of halogens is 6. The number of thiophene rings is 1. The van der Waals surface area contributed by atoms with E-state index in [1.165, 1.54) is 0 Å². The Morgan fingerprint density at radius 3 is 2.44 bits per heavy atom. The van der Waals surface area contributed by atoms with Crippen molar-refractivity contribution in [2.24, 2.45) is 5.16 Å². The van der Waals surface area contributed by atoms with Gasteiger partial charge in [0.2, 0.25) is 11.1 Å². The summed E-state index contributed by atoms with van der Waals surface area (Å²) in [5.74, 6) is 0.465. The maximum Gasteiger partial charge on any atom is 0.439 e. The molecule has 1 aliphatic carbocycles. The van der Waals surface area contributed by atoms with E-state index in [0.29, 0.717) is 22.6 Å². The molecule has 0 aromatic carbocycles. The highest BCUT2D eigenvalue weighted by Crippen LogP contribution is 2.54. The first-order valence-electron chi connectivity index (χ1n) is 10.6. The lowest BCUT2D eigenvalue weighted by molar-refractivity contribution is -0.281. The molecule has 14 heteroatoms. The Morgan fingerprint density at radius 1 is 1.14 bits per heavy atom. The van der Waals surface area contributed by atoms with Gasteiger partial charge in [-0.15, -0.1) is 17.8 Å². The molecule has 7 nitrogen and oxygen atoms in total. The van der Waals surface area contributed by atoms with Crippen LogP contribution in [0.1, 0.15) is 50.7 Å². The van der Waals surface area contributed by atoms with Crippen molar-refractivity contribution in [2.75, 3.05) is 13.1 Å². The Kier molecular flexibility index (Phi) is 7.53. The lowest BCUT2D eigenvalue weighted by atomic mass is 9.88. The van der Waals surface area contributed by atoms with Crippen LogP contribution < -0.4 is 10.6 Å². The molecule has 1 atom stereocenters. The number of terminal acetylenes is 1. The molecule has 2 amide bonds. The van der Waals surface area contributed by atoms with E-state index < -0.39 is 46.0 Å². The van der Waals surface area contributed by atoms with E-state index in [9.17, 15) is 22.8 Å². The Labute approximate surface area is 222 Å². The van der Waals surface area contributed by atoms with Crippen LogP contribution in [0.15, 0.2) is 9.57 Å². The summed E-state index contributed by atoms with van der Waals surface area (Å²) in [5, 5.41) is 7.32. The molecule has 2 aromatic rings. The fourth-order valence-electron chi connectivity index (χ4n) is 4.08. The van der Waals surface area contributed by atoms with E-state index in [1.54, 1.807) is 0 Å². The van der Waals surface area contributed by atoms with Crippen LogP contribution in [-0.4, -0.2) is 36.8 Å². The maximum absolute atomic E-state index is 14.3. The standard InChI is InChI=1S/C22H17Cl3F3N3O4S/c1-2-7-29-13(32)9-30-20(33)17-11-6-4-3-5-10(11)16(36-17)12-8-21(35-31-12,22(26,27)28)18-14(23)15(24)19(25)34-18/h1H,3-9H2,(H,29,32)(H,30,33). The van der Waals surface area contributed by atoms with Crippen molar-refractivity contribution in [2.45, 2.75) is 43.9 Å². The largest absolute Gasteiger partial charge is 0.442 e. The van der Waals surface area contributed by atoms with Gasteiger partial charge in [-0.1, -0.05) is 34.3 Å². The first-order valence-corrected chi connectivity index (χ1v) is 12.5. The van der Waals surface area contributed by atoms with E-state index in [2.05, 4.69) is 21.7 Å². The van der Waals surface area contributed by atoms with Crippen LogP contribution in [0.4, 0.5) is 13.2 Å². The molecule has 0 saturated carbocycles. The van der Waals surface area contributed by atoms with Crippen LogP contribution in [0.2, 0.25) is 15.3 Å². The molecule has 36 heavy (non-hydrogen) atoms. The number of hydrogen-bond acceptors (Lipinski definition) is 6. The summed E-state index contributed by atoms with van der Waals surface area (Å²) in [6.45, 7) is -0.285. The topological polar surface area (TPSA) is 92.9 Å². The van der Waals surface area contributed by atoms with Crippen molar-refractivity contribution < 1.29 is 32.0 Å². The van der Waals surface area contributed by atoms with Crippen molar-refractivity contribution >= 4 is 63.7 Å². The molecule has 0 bridgehead atoms. The number of carbonyl (C=O) groups excluding carboxylic acids is 2. The van der Waals surface area contributed by atoms with Gasteiger partial charge in [0.15, 0.2) is 5.76 Å². The fourth-order valence-corrected chi connectivity index (χ4v) is 6.00. The molecule has 0 radical (unpaired) electrons. The van der Waals surface area contributed by atoms with Crippen molar-refractivity contribution in [1.82, 2.24) is 10.6 Å². The predicted octanol–water partition coefficient (Wildman–Crippen LogP) is 5.24. The smallest absolute Gasteiger partial charge is 0.439 e. The quantitative estimate of drug-likeness (QED) is 0.456. The Hall–Kier alpha value is -2.39. The molecule has 4 rings (SSSR count). The van der Waals surface area contributed by atoms with Gasteiger partial charge in [-0.2, -0.15) is 13.2 Å². The third-order valence-electron chi connectivity index (χ3n) is 5.79. The van der Waals surface area contributed by atoms with Gasteiger partial charge >= 0.3 is 6.18 Å². The molecule has 2 N–H and O–H groups in total. The van der Waals surface area contributed by atoms with Crippen LogP contribution >= 0.6 is 46.1 Å². The number of amides is 2. The number of alkyl halides is 3. The van der Waals surface area contributed by atoms with Crippen molar-refractivity contribution in [3.05, 3.63) is 41.9 Å². The average Bonchev–Trinajstić information content (AvgIpc) is 3.52. The average molecular weight is 583 g/mol. The normalized spacial score (nSPS) is 19.2. The van der Waals surface area contributed by atoms with Crippen LogP contribution in [0, 0.1) is 12.3 Å². The van der Waals surface area contributed by atoms with E-state index in [0.717, 1.165) is 35.3 Å². The number of rotatable bonds is 6. The van der Waals surface area contributed by atoms with E-state index in [4.69, 9.17) is 50.5 Å². The summed E-state index contributed by atoms with van der Waals surface area (Å²) >= 11 is 18.6. The first-order chi connectivity index (χ1) is 17.0. The van der Waals surface area contributed by atoms with Crippen LogP contribution in [0.25, 0.3) is 0 Å². The molecule has 2 aromatic heterocycles. The number of nitrogens with zero attached hydrogens (tertiary/aromatic N) is 1. The Morgan fingerprint density at radius 2 is 1.83 bits per heavy atom. The van der Waals surface area contributed by atoms with Crippen molar-refractivity contribution in [1.29, 1.82) is 0 Å². The van der Waals surface area contributed by atoms with Gasteiger partial charge in [-0.25, -0.2) is 0 Å². The predicted molar refractivity (Wildman–Crippen MR) is 129 cm³/mol. The van der Waals surface area contributed by atoms with Gasteiger partial charge < -0.3 is 19.9 Å². The zero-order chi connectivity index (χ0) is 26.3. The van der Waals surface area contributed by atoms with Crippen LogP contribution in [0.3, 0.4) is 0 Å². The van der Waals surface area contributed by atoms with Crippen LogP contribution in [0.5, 0.6) is 0 Å². The summed E-state index contributed by atoms with van der Waals surface area (Å²) in [7, 11) is 0. The molecule has 0 fully saturated rings. The van der Waals surface area contributed by atoms with Gasteiger partial charge in [0, 0.05) is 0 Å². The molecule has 1 aliphatic heterocycles. The highest BCUT2D eigenvalue weighted by atomic mass is 35.5. The van der Waals surface area contributed by atoms with Crippen molar-refractivity contribution in [3.8, 4) is 12.3 Å². The van der Waals surface area contributed by atoms with Gasteiger partial charge in [-0.3, -0.25) is 9.59 Å². The monoisotopic (exact) mass is 581 g/mol. The van der Waals surface area contributed by atoms with Gasteiger partial charge in [0.25, 0.3) is 11.5 Å². The number of nitrogens with one attached hydrogen (secondary N) is 2. The van der Waals surface area contributed by atoms with Gasteiger partial charge in [0.05, 0.1) is 29.3 Å². The summed E-state index contributed by atoms with van der Waals surface area (Å²) in [5.41, 5.74) is -1.60. The minimum Gasteiger partial charge on any atom is -0.442 e. The van der Waals surface area contributed by atoms with Crippen molar-refractivity contribution in [3.63, 3.8) is 0 Å². The zero-order valence-electron chi connectivity index (χ0n) is 18.3. The molecular weight excluding hydrogens is 566 g/mol. The van der Waals surface area contributed by atoms with Gasteiger partial charge in [-0.05, 0) is 48.4 Å². The molecule has 2 aliphatic rings. The maximum atomic E-state index is 14.3. The number of oxime groups is 1. The SMILES string of the molecule is C#CCNC(=O)CNC(=O)c1sc(C2=NOC(c3oc(Cl)c(Cl)c3Cl)(C(F)(F)F)C2)c2c1CCCC2. The zero-order valence-corrected chi connectivity index (χ0v) is 21.4. The van der Waals surface area contributed by atoms with E-state index in [-0.39, 0.29) is 23.8 Å². The fraction of sp³-hybridized carbons (Fsp3) is 0.409. The number of fused-ring (bicyclic) bond motifs is 1. The molecular formula is C22H17Cl3F3N3O4S. The minimum atomic E-state index is -4.99. The minimum absolute atomic E-state index is 0.0130. The summed E-state index contributed by atoms with van der Waals surface area (Å²) < 4.78 is 48.1. The first kappa shape index (κ1) is 26.7.